The van der Waals surface area contributed by atoms with E-state index in [0.717, 1.165) is 31.4 Å². The largest absolute Gasteiger partial charge is 0.351 e. The number of carbonyl (C=O) groups excluding carboxylic acids is 2. The van der Waals surface area contributed by atoms with Crippen LogP contribution in [-0.2, 0) is 0 Å². The van der Waals surface area contributed by atoms with Gasteiger partial charge in [0.1, 0.15) is 0 Å². The zero-order chi connectivity index (χ0) is 18.1. The number of rotatable bonds is 8. The molecule has 2 rings (SSSR count). The van der Waals surface area contributed by atoms with Crippen molar-refractivity contribution in [2.75, 3.05) is 13.1 Å². The molecule has 140 valence electrons. The van der Waals surface area contributed by atoms with E-state index in [1.807, 2.05) is 0 Å². The van der Waals surface area contributed by atoms with Gasteiger partial charge in [-0.1, -0.05) is 38.3 Å². The molecule has 3 N–H and O–H groups in total. The fraction of sp³-hybridized carbons (Fsp3) is 0.722. The van der Waals surface area contributed by atoms with Crippen molar-refractivity contribution in [1.29, 1.82) is 0 Å². The highest BCUT2D eigenvalue weighted by atomic mass is 16.5. The maximum atomic E-state index is 12.0. The topological polar surface area (TPSA) is 96.3 Å². The van der Waals surface area contributed by atoms with Crippen LogP contribution in [-0.4, -0.2) is 36.2 Å². The van der Waals surface area contributed by atoms with E-state index in [1.54, 1.807) is 6.07 Å². The molecular formula is C18H30N4O3. The van der Waals surface area contributed by atoms with E-state index in [2.05, 4.69) is 35.0 Å². The summed E-state index contributed by atoms with van der Waals surface area (Å²) in [4.78, 5) is 23.9. The second-order valence-corrected chi connectivity index (χ2v) is 6.62. The summed E-state index contributed by atoms with van der Waals surface area (Å²) in [5.41, 5.74) is 0.820. The quantitative estimate of drug-likeness (QED) is 0.628. The normalized spacial score (nSPS) is 15.2. The van der Waals surface area contributed by atoms with Crippen molar-refractivity contribution in [3.8, 4) is 0 Å². The third-order valence-electron chi connectivity index (χ3n) is 4.79. The van der Waals surface area contributed by atoms with Gasteiger partial charge in [-0.3, -0.25) is 4.79 Å². The molecule has 1 fully saturated rings. The number of carbonyl (C=O) groups is 2. The minimum Gasteiger partial charge on any atom is -0.351 e. The average Bonchev–Trinajstić information content (AvgIpc) is 3.10. The van der Waals surface area contributed by atoms with Gasteiger partial charge in [0, 0.05) is 31.1 Å². The van der Waals surface area contributed by atoms with Crippen molar-refractivity contribution >= 4 is 11.9 Å². The van der Waals surface area contributed by atoms with E-state index in [-0.39, 0.29) is 23.7 Å². The molecule has 25 heavy (non-hydrogen) atoms. The van der Waals surface area contributed by atoms with Gasteiger partial charge in [-0.05, 0) is 25.7 Å². The van der Waals surface area contributed by atoms with Gasteiger partial charge in [0.2, 0.25) is 5.76 Å². The molecule has 1 aromatic heterocycles. The Morgan fingerprint density at radius 2 is 1.84 bits per heavy atom. The van der Waals surface area contributed by atoms with E-state index in [4.69, 9.17) is 4.52 Å². The van der Waals surface area contributed by atoms with Crippen molar-refractivity contribution in [3.63, 3.8) is 0 Å². The lowest BCUT2D eigenvalue weighted by atomic mass is 9.96. The highest BCUT2D eigenvalue weighted by molar-refractivity contribution is 5.91. The molecule has 1 aliphatic carbocycles. The fourth-order valence-electron chi connectivity index (χ4n) is 3.22. The van der Waals surface area contributed by atoms with E-state index in [1.165, 1.54) is 19.3 Å². The van der Waals surface area contributed by atoms with Crippen LogP contribution in [0.4, 0.5) is 4.79 Å². The summed E-state index contributed by atoms with van der Waals surface area (Å²) in [6.07, 6.45) is 7.64. The van der Waals surface area contributed by atoms with Crippen LogP contribution in [0, 0.1) is 0 Å². The molecule has 0 saturated heterocycles. The van der Waals surface area contributed by atoms with Gasteiger partial charge in [-0.25, -0.2) is 4.79 Å². The van der Waals surface area contributed by atoms with Gasteiger partial charge in [-0.2, -0.15) is 0 Å². The minimum absolute atomic E-state index is 0.170. The first-order chi connectivity index (χ1) is 12.1. The Balaban J connectivity index is 1.65. The predicted molar refractivity (Wildman–Crippen MR) is 95.6 cm³/mol. The van der Waals surface area contributed by atoms with Crippen molar-refractivity contribution in [2.24, 2.45) is 0 Å². The average molecular weight is 350 g/mol. The van der Waals surface area contributed by atoms with E-state index in [0.29, 0.717) is 19.0 Å². The standard InChI is InChI=1S/C18H30N4O3/c1-3-13(4-2)15-12-16(25-22-15)17(23)19-10-11-20-18(24)21-14-8-6-5-7-9-14/h12-14H,3-11H2,1-2H3,(H,19,23)(H2,20,21,24). The lowest BCUT2D eigenvalue weighted by Crippen LogP contribution is -2.45. The SMILES string of the molecule is CCC(CC)c1cc(C(=O)NCCNC(=O)NC2CCCCC2)on1. The van der Waals surface area contributed by atoms with E-state index < -0.39 is 0 Å². The fourth-order valence-corrected chi connectivity index (χ4v) is 3.22. The summed E-state index contributed by atoms with van der Waals surface area (Å²) in [5.74, 6) is 0.225. The van der Waals surface area contributed by atoms with Crippen LogP contribution >= 0.6 is 0 Å². The Labute approximate surface area is 149 Å². The first-order valence-corrected chi connectivity index (χ1v) is 9.43. The number of amides is 3. The second kappa shape index (κ2) is 10.1. The van der Waals surface area contributed by atoms with Gasteiger partial charge >= 0.3 is 6.03 Å². The Hall–Kier alpha value is -2.05. The van der Waals surface area contributed by atoms with Gasteiger partial charge < -0.3 is 20.5 Å². The lowest BCUT2D eigenvalue weighted by Gasteiger charge is -2.22. The first kappa shape index (κ1) is 19.3. The minimum atomic E-state index is -0.306. The highest BCUT2D eigenvalue weighted by Gasteiger charge is 2.18. The monoisotopic (exact) mass is 350 g/mol. The summed E-state index contributed by atoms with van der Waals surface area (Å²) < 4.78 is 5.13. The first-order valence-electron chi connectivity index (χ1n) is 9.43. The van der Waals surface area contributed by atoms with Crippen LogP contribution in [0.25, 0.3) is 0 Å². The summed E-state index contributed by atoms with van der Waals surface area (Å²) in [5, 5.41) is 12.5. The zero-order valence-corrected chi connectivity index (χ0v) is 15.3. The molecule has 1 saturated carbocycles. The molecule has 1 aliphatic rings. The highest BCUT2D eigenvalue weighted by Crippen LogP contribution is 2.22. The third-order valence-corrected chi connectivity index (χ3v) is 4.79. The molecule has 7 heteroatoms. The maximum Gasteiger partial charge on any atom is 0.315 e. The Bertz CT molecular complexity index is 548. The molecule has 0 bridgehead atoms. The van der Waals surface area contributed by atoms with Crippen LogP contribution in [0.5, 0.6) is 0 Å². The number of nitrogens with one attached hydrogen (secondary N) is 3. The Morgan fingerprint density at radius 3 is 2.52 bits per heavy atom. The molecule has 0 atom stereocenters. The van der Waals surface area contributed by atoms with Crippen molar-refractivity contribution in [2.45, 2.75) is 70.8 Å². The van der Waals surface area contributed by atoms with Gasteiger partial charge in [0.05, 0.1) is 5.69 Å². The van der Waals surface area contributed by atoms with Crippen LogP contribution < -0.4 is 16.0 Å². The molecule has 3 amide bonds. The number of aromatic nitrogens is 1. The molecule has 7 nitrogen and oxygen atoms in total. The van der Waals surface area contributed by atoms with Crippen LogP contribution in [0.3, 0.4) is 0 Å². The van der Waals surface area contributed by atoms with E-state index in [9.17, 15) is 9.59 Å². The predicted octanol–water partition coefficient (Wildman–Crippen LogP) is 2.94. The molecule has 0 unspecified atom stereocenters. The molecule has 0 spiro atoms. The van der Waals surface area contributed by atoms with Crippen molar-refractivity contribution < 1.29 is 14.1 Å². The summed E-state index contributed by atoms with van der Waals surface area (Å²) in [6, 6.07) is 1.81. The number of hydrogen-bond donors (Lipinski definition) is 3. The van der Waals surface area contributed by atoms with Crippen molar-refractivity contribution in [1.82, 2.24) is 21.1 Å². The zero-order valence-electron chi connectivity index (χ0n) is 15.3. The molecule has 1 aromatic rings. The Morgan fingerprint density at radius 1 is 1.16 bits per heavy atom. The van der Waals surface area contributed by atoms with Crippen LogP contribution in [0.2, 0.25) is 0 Å². The Kier molecular flexibility index (Phi) is 7.76. The second-order valence-electron chi connectivity index (χ2n) is 6.62. The van der Waals surface area contributed by atoms with Crippen LogP contribution in [0.1, 0.15) is 81.0 Å². The lowest BCUT2D eigenvalue weighted by molar-refractivity contribution is 0.0917. The van der Waals surface area contributed by atoms with E-state index >= 15 is 0 Å². The summed E-state index contributed by atoms with van der Waals surface area (Å²) >= 11 is 0. The van der Waals surface area contributed by atoms with Gasteiger partial charge in [-0.15, -0.1) is 0 Å². The third kappa shape index (κ3) is 6.07. The maximum absolute atomic E-state index is 12.0. The van der Waals surface area contributed by atoms with Gasteiger partial charge in [0.25, 0.3) is 5.91 Å². The molecular weight excluding hydrogens is 320 g/mol. The molecule has 1 heterocycles. The number of hydrogen-bond acceptors (Lipinski definition) is 4. The number of urea groups is 1. The van der Waals surface area contributed by atoms with Gasteiger partial charge in [0.15, 0.2) is 0 Å². The summed E-state index contributed by atoms with van der Waals surface area (Å²) in [7, 11) is 0. The van der Waals surface area contributed by atoms with Crippen LogP contribution in [0.15, 0.2) is 10.6 Å². The molecule has 0 aromatic carbocycles. The number of nitrogens with zero attached hydrogens (tertiary/aromatic N) is 1. The molecule has 0 aliphatic heterocycles. The smallest absolute Gasteiger partial charge is 0.315 e. The van der Waals surface area contributed by atoms with Crippen molar-refractivity contribution in [3.05, 3.63) is 17.5 Å². The molecule has 0 radical (unpaired) electrons. The summed E-state index contributed by atoms with van der Waals surface area (Å²) in [6.45, 7) is 4.90.